The standard InChI is InChI=1S/C18H22N4O2S/c1-10-4-11(2)15(13(23)5-10)22-9-14-16(21-22)20-17(25-14)19-8-12-6-18(3,24)7-12/h4-5,9,12,23-24H,6-8H2,1-3H3,(H,19,20,21). The monoisotopic (exact) mass is 358 g/mol. The van der Waals surface area contributed by atoms with Crippen molar-refractivity contribution in [3.63, 3.8) is 0 Å². The van der Waals surface area contributed by atoms with Crippen LogP contribution in [0.5, 0.6) is 5.75 Å². The fourth-order valence-corrected chi connectivity index (χ4v) is 4.53. The third kappa shape index (κ3) is 3.09. The molecule has 7 heteroatoms. The normalized spacial score (nSPS) is 23.0. The van der Waals surface area contributed by atoms with E-state index in [0.717, 1.165) is 40.3 Å². The highest BCUT2D eigenvalue weighted by Crippen LogP contribution is 2.37. The number of hydrogen-bond acceptors (Lipinski definition) is 6. The van der Waals surface area contributed by atoms with Gasteiger partial charge >= 0.3 is 0 Å². The highest BCUT2D eigenvalue weighted by atomic mass is 32.1. The Morgan fingerprint density at radius 3 is 2.76 bits per heavy atom. The molecule has 1 aromatic carbocycles. The molecule has 0 unspecified atom stereocenters. The van der Waals surface area contributed by atoms with Crippen LogP contribution in [-0.2, 0) is 0 Å². The lowest BCUT2D eigenvalue weighted by molar-refractivity contribution is -0.0523. The van der Waals surface area contributed by atoms with Gasteiger partial charge in [0.1, 0.15) is 11.4 Å². The molecule has 0 atom stereocenters. The fraction of sp³-hybridized carbons (Fsp3) is 0.444. The van der Waals surface area contributed by atoms with Crippen molar-refractivity contribution in [2.24, 2.45) is 5.92 Å². The lowest BCUT2D eigenvalue weighted by Crippen LogP contribution is -2.43. The van der Waals surface area contributed by atoms with Crippen LogP contribution in [0.2, 0.25) is 0 Å². The second-order valence-corrected chi connectivity index (χ2v) is 8.41. The fourth-order valence-electron chi connectivity index (χ4n) is 3.71. The second kappa shape index (κ2) is 5.71. The second-order valence-electron chi connectivity index (χ2n) is 7.38. The van der Waals surface area contributed by atoms with Gasteiger partial charge < -0.3 is 15.5 Å². The van der Waals surface area contributed by atoms with Crippen molar-refractivity contribution in [1.29, 1.82) is 0 Å². The summed E-state index contributed by atoms with van der Waals surface area (Å²) in [5.41, 5.74) is 2.87. The minimum atomic E-state index is -0.492. The molecule has 1 saturated carbocycles. The number of thiazole rings is 1. The molecule has 2 aromatic heterocycles. The van der Waals surface area contributed by atoms with Crippen molar-refractivity contribution in [1.82, 2.24) is 14.8 Å². The number of aryl methyl sites for hydroxylation is 2. The molecule has 0 saturated heterocycles. The molecule has 1 aliphatic rings. The Kier molecular flexibility index (Phi) is 3.73. The van der Waals surface area contributed by atoms with E-state index in [9.17, 15) is 10.2 Å². The molecule has 25 heavy (non-hydrogen) atoms. The van der Waals surface area contributed by atoms with Crippen LogP contribution >= 0.6 is 11.3 Å². The number of nitrogens with one attached hydrogen (secondary N) is 1. The summed E-state index contributed by atoms with van der Waals surface area (Å²) in [5, 5.41) is 28.8. The number of anilines is 1. The largest absolute Gasteiger partial charge is 0.506 e. The summed E-state index contributed by atoms with van der Waals surface area (Å²) in [5.74, 6) is 0.723. The Morgan fingerprint density at radius 2 is 2.12 bits per heavy atom. The molecule has 1 fully saturated rings. The van der Waals surface area contributed by atoms with Gasteiger partial charge in [-0.25, -0.2) is 4.68 Å². The van der Waals surface area contributed by atoms with E-state index in [2.05, 4.69) is 15.4 Å². The van der Waals surface area contributed by atoms with E-state index >= 15 is 0 Å². The van der Waals surface area contributed by atoms with Gasteiger partial charge in [0.05, 0.1) is 16.5 Å². The zero-order valence-corrected chi connectivity index (χ0v) is 15.4. The SMILES string of the molecule is Cc1cc(C)c(-n2cc3sc(NCC4CC(C)(O)C4)nc3n2)c(O)c1. The summed E-state index contributed by atoms with van der Waals surface area (Å²) in [6.07, 6.45) is 3.58. The first-order valence-corrected chi connectivity index (χ1v) is 9.25. The van der Waals surface area contributed by atoms with Crippen molar-refractivity contribution in [2.45, 2.75) is 39.2 Å². The molecule has 0 amide bonds. The van der Waals surface area contributed by atoms with Crippen molar-refractivity contribution in [3.8, 4) is 11.4 Å². The molecule has 0 aliphatic heterocycles. The molecule has 0 spiro atoms. The van der Waals surface area contributed by atoms with Crippen molar-refractivity contribution in [3.05, 3.63) is 29.5 Å². The van der Waals surface area contributed by atoms with Crippen LogP contribution in [0, 0.1) is 19.8 Å². The van der Waals surface area contributed by atoms with Crippen molar-refractivity contribution in [2.75, 3.05) is 11.9 Å². The summed E-state index contributed by atoms with van der Waals surface area (Å²) in [7, 11) is 0. The first-order chi connectivity index (χ1) is 11.8. The van der Waals surface area contributed by atoms with Gasteiger partial charge in [0.25, 0.3) is 0 Å². The first-order valence-electron chi connectivity index (χ1n) is 8.44. The van der Waals surface area contributed by atoms with E-state index in [0.29, 0.717) is 17.3 Å². The van der Waals surface area contributed by atoms with E-state index < -0.39 is 5.60 Å². The molecular formula is C18H22N4O2S. The van der Waals surface area contributed by atoms with Gasteiger partial charge in [-0.1, -0.05) is 17.4 Å². The van der Waals surface area contributed by atoms with E-state index in [1.54, 1.807) is 22.1 Å². The van der Waals surface area contributed by atoms with Crippen LogP contribution in [0.15, 0.2) is 18.3 Å². The molecule has 1 aliphatic carbocycles. The van der Waals surface area contributed by atoms with Crippen LogP contribution in [-0.4, -0.2) is 37.1 Å². The zero-order chi connectivity index (χ0) is 17.8. The van der Waals surface area contributed by atoms with Crippen LogP contribution in [0.25, 0.3) is 16.0 Å². The first kappa shape index (κ1) is 16.4. The highest BCUT2D eigenvalue weighted by molar-refractivity contribution is 7.22. The highest BCUT2D eigenvalue weighted by Gasteiger charge is 2.37. The maximum Gasteiger partial charge on any atom is 0.194 e. The minimum Gasteiger partial charge on any atom is -0.506 e. The number of aromatic nitrogens is 3. The van der Waals surface area contributed by atoms with Gasteiger partial charge in [-0.2, -0.15) is 4.98 Å². The lowest BCUT2D eigenvalue weighted by atomic mass is 9.72. The number of benzene rings is 1. The number of phenols is 1. The van der Waals surface area contributed by atoms with Gasteiger partial charge in [0.15, 0.2) is 10.8 Å². The number of nitrogens with zero attached hydrogens (tertiary/aromatic N) is 3. The van der Waals surface area contributed by atoms with E-state index in [4.69, 9.17) is 0 Å². The van der Waals surface area contributed by atoms with Crippen LogP contribution in [0.1, 0.15) is 30.9 Å². The van der Waals surface area contributed by atoms with Crippen LogP contribution < -0.4 is 5.32 Å². The maximum atomic E-state index is 10.3. The minimum absolute atomic E-state index is 0.225. The summed E-state index contributed by atoms with van der Waals surface area (Å²) in [4.78, 5) is 4.53. The lowest BCUT2D eigenvalue weighted by Gasteiger charge is -2.40. The molecule has 132 valence electrons. The molecule has 4 rings (SSSR count). The van der Waals surface area contributed by atoms with Gasteiger partial charge in [0, 0.05) is 6.54 Å². The van der Waals surface area contributed by atoms with E-state index in [1.807, 2.05) is 33.0 Å². The molecule has 6 nitrogen and oxygen atoms in total. The Balaban J connectivity index is 1.52. The van der Waals surface area contributed by atoms with Gasteiger partial charge in [-0.05, 0) is 56.7 Å². The maximum absolute atomic E-state index is 10.3. The summed E-state index contributed by atoms with van der Waals surface area (Å²) >= 11 is 1.55. The third-order valence-corrected chi connectivity index (χ3v) is 5.67. The van der Waals surface area contributed by atoms with Gasteiger partial charge in [-0.15, -0.1) is 5.10 Å². The average molecular weight is 358 g/mol. The van der Waals surface area contributed by atoms with E-state index in [-0.39, 0.29) is 5.75 Å². The van der Waals surface area contributed by atoms with Crippen molar-refractivity contribution >= 4 is 26.8 Å². The number of fused-ring (bicyclic) bond motifs is 1. The molecule has 3 aromatic rings. The summed E-state index contributed by atoms with van der Waals surface area (Å²) in [6, 6.07) is 3.77. The predicted octanol–water partition coefficient (Wildman–Crippen LogP) is 3.38. The Labute approximate surface area is 150 Å². The topological polar surface area (TPSA) is 83.2 Å². The van der Waals surface area contributed by atoms with Gasteiger partial charge in [-0.3, -0.25) is 0 Å². The average Bonchev–Trinajstić information content (AvgIpc) is 2.99. The Hall–Kier alpha value is -2.12. The number of rotatable bonds is 4. The van der Waals surface area contributed by atoms with Crippen LogP contribution in [0.4, 0.5) is 5.13 Å². The number of phenolic OH excluding ortho intramolecular Hbond substituents is 1. The summed E-state index contributed by atoms with van der Waals surface area (Å²) in [6.45, 7) is 6.63. The Morgan fingerprint density at radius 1 is 1.36 bits per heavy atom. The molecular weight excluding hydrogens is 336 g/mol. The summed E-state index contributed by atoms with van der Waals surface area (Å²) < 4.78 is 2.67. The smallest absolute Gasteiger partial charge is 0.194 e. The molecule has 0 radical (unpaired) electrons. The molecule has 0 bridgehead atoms. The number of aliphatic hydroxyl groups is 1. The number of aromatic hydroxyl groups is 1. The molecule has 3 N–H and O–H groups in total. The van der Waals surface area contributed by atoms with Crippen molar-refractivity contribution < 1.29 is 10.2 Å². The Bertz CT molecular complexity index is 881. The van der Waals surface area contributed by atoms with Crippen LogP contribution in [0.3, 0.4) is 0 Å². The predicted molar refractivity (Wildman–Crippen MR) is 99.7 cm³/mol. The molecule has 2 heterocycles. The number of hydrogen-bond donors (Lipinski definition) is 3. The van der Waals surface area contributed by atoms with Gasteiger partial charge in [0.2, 0.25) is 0 Å². The quantitative estimate of drug-likeness (QED) is 0.666. The third-order valence-electron chi connectivity index (χ3n) is 4.73. The van der Waals surface area contributed by atoms with E-state index in [1.165, 1.54) is 0 Å². The zero-order valence-electron chi connectivity index (χ0n) is 14.6.